The smallest absolute Gasteiger partial charge is 0.338 e. The zero-order chi connectivity index (χ0) is 12.3. The van der Waals surface area contributed by atoms with Gasteiger partial charge in [0.15, 0.2) is 0 Å². The van der Waals surface area contributed by atoms with Crippen LogP contribution in [0.25, 0.3) is 0 Å². The number of rotatable bonds is 3. The predicted octanol–water partition coefficient (Wildman–Crippen LogP) is 1.57. The lowest BCUT2D eigenvalue weighted by Gasteiger charge is -2.12. The van der Waals surface area contributed by atoms with Gasteiger partial charge in [-0.2, -0.15) is 0 Å². The Kier molecular flexibility index (Phi) is 3.89. The van der Waals surface area contributed by atoms with E-state index in [0.29, 0.717) is 5.56 Å². The minimum Gasteiger partial charge on any atom is -0.465 e. The summed E-state index contributed by atoms with van der Waals surface area (Å²) >= 11 is 0. The molecule has 1 aromatic heterocycles. The lowest BCUT2D eigenvalue weighted by atomic mass is 10.0. The van der Waals surface area contributed by atoms with Crippen LogP contribution in [0.3, 0.4) is 0 Å². The number of pyridine rings is 1. The standard InChI is InChI=1S/C10H12F2N2O2/c1-5-4-14-8(9(11)12)6(3-13)7(5)10(15)16-2/h4,9H,3,13H2,1-2H3. The Hall–Kier alpha value is -1.56. The van der Waals surface area contributed by atoms with Crippen molar-refractivity contribution in [3.63, 3.8) is 0 Å². The van der Waals surface area contributed by atoms with Gasteiger partial charge in [0.1, 0.15) is 5.69 Å². The molecule has 1 rings (SSSR count). The van der Waals surface area contributed by atoms with Crippen molar-refractivity contribution in [2.75, 3.05) is 7.11 Å². The number of esters is 1. The summed E-state index contributed by atoms with van der Waals surface area (Å²) in [5.74, 6) is -0.678. The van der Waals surface area contributed by atoms with Gasteiger partial charge >= 0.3 is 5.97 Å². The van der Waals surface area contributed by atoms with Gasteiger partial charge in [-0.1, -0.05) is 0 Å². The summed E-state index contributed by atoms with van der Waals surface area (Å²) in [5, 5.41) is 0. The van der Waals surface area contributed by atoms with Crippen LogP contribution in [0, 0.1) is 6.92 Å². The molecule has 0 radical (unpaired) electrons. The molecule has 0 aliphatic carbocycles. The van der Waals surface area contributed by atoms with Crippen molar-refractivity contribution in [2.24, 2.45) is 5.73 Å². The molecule has 1 aromatic rings. The molecule has 4 nitrogen and oxygen atoms in total. The second kappa shape index (κ2) is 4.98. The van der Waals surface area contributed by atoms with Gasteiger partial charge in [-0.15, -0.1) is 0 Å². The molecule has 0 aliphatic heterocycles. The minimum absolute atomic E-state index is 0.0434. The Balaban J connectivity index is 3.44. The third-order valence-corrected chi connectivity index (χ3v) is 2.20. The van der Waals surface area contributed by atoms with E-state index in [1.54, 1.807) is 6.92 Å². The van der Waals surface area contributed by atoms with Crippen molar-refractivity contribution < 1.29 is 18.3 Å². The highest BCUT2D eigenvalue weighted by molar-refractivity contribution is 5.92. The number of nitrogens with zero attached hydrogens (tertiary/aromatic N) is 1. The van der Waals surface area contributed by atoms with Crippen LogP contribution in [0.5, 0.6) is 0 Å². The first-order chi connectivity index (χ1) is 7.52. The van der Waals surface area contributed by atoms with E-state index >= 15 is 0 Å². The molecule has 16 heavy (non-hydrogen) atoms. The maximum absolute atomic E-state index is 12.6. The van der Waals surface area contributed by atoms with Crippen LogP contribution in [-0.2, 0) is 11.3 Å². The molecule has 0 bridgehead atoms. The first-order valence-corrected chi connectivity index (χ1v) is 4.57. The van der Waals surface area contributed by atoms with Crippen molar-refractivity contribution >= 4 is 5.97 Å². The van der Waals surface area contributed by atoms with Gasteiger partial charge in [-0.3, -0.25) is 4.98 Å². The number of hydrogen-bond donors (Lipinski definition) is 1. The van der Waals surface area contributed by atoms with Gasteiger partial charge in [-0.05, 0) is 12.5 Å². The molecule has 6 heteroatoms. The molecule has 0 spiro atoms. The van der Waals surface area contributed by atoms with E-state index in [9.17, 15) is 13.6 Å². The Morgan fingerprint density at radius 1 is 1.62 bits per heavy atom. The van der Waals surface area contributed by atoms with Crippen molar-refractivity contribution in [2.45, 2.75) is 19.9 Å². The topological polar surface area (TPSA) is 65.2 Å². The largest absolute Gasteiger partial charge is 0.465 e. The molecule has 0 saturated carbocycles. The number of aryl methyl sites for hydroxylation is 1. The lowest BCUT2D eigenvalue weighted by Crippen LogP contribution is -2.15. The van der Waals surface area contributed by atoms with Crippen LogP contribution in [0.15, 0.2) is 6.20 Å². The molecular weight excluding hydrogens is 218 g/mol. The third-order valence-electron chi connectivity index (χ3n) is 2.20. The number of hydrogen-bond acceptors (Lipinski definition) is 4. The first-order valence-electron chi connectivity index (χ1n) is 4.57. The van der Waals surface area contributed by atoms with Gasteiger partial charge in [0.25, 0.3) is 6.43 Å². The molecule has 0 aromatic carbocycles. The SMILES string of the molecule is COC(=O)c1c(C)cnc(C(F)F)c1CN. The van der Waals surface area contributed by atoms with Gasteiger partial charge in [0.05, 0.1) is 12.7 Å². The number of carbonyl (C=O) groups excluding carboxylic acids is 1. The highest BCUT2D eigenvalue weighted by Crippen LogP contribution is 2.25. The van der Waals surface area contributed by atoms with Crippen molar-refractivity contribution in [3.05, 3.63) is 28.6 Å². The van der Waals surface area contributed by atoms with Crippen LogP contribution in [0.1, 0.15) is 33.6 Å². The van der Waals surface area contributed by atoms with Gasteiger partial charge in [0.2, 0.25) is 0 Å². The van der Waals surface area contributed by atoms with E-state index in [-0.39, 0.29) is 17.7 Å². The zero-order valence-electron chi connectivity index (χ0n) is 8.96. The fraction of sp³-hybridized carbons (Fsp3) is 0.400. The van der Waals surface area contributed by atoms with Crippen molar-refractivity contribution in [1.82, 2.24) is 4.98 Å². The predicted molar refractivity (Wildman–Crippen MR) is 53.2 cm³/mol. The fourth-order valence-corrected chi connectivity index (χ4v) is 1.46. The molecular formula is C10H12F2N2O2. The molecule has 0 atom stereocenters. The van der Waals surface area contributed by atoms with Crippen LogP contribution in [0.2, 0.25) is 0 Å². The van der Waals surface area contributed by atoms with E-state index < -0.39 is 18.1 Å². The Morgan fingerprint density at radius 3 is 2.69 bits per heavy atom. The summed E-state index contributed by atoms with van der Waals surface area (Å²) in [6.45, 7) is 1.41. The summed E-state index contributed by atoms with van der Waals surface area (Å²) in [6.07, 6.45) is -1.55. The summed E-state index contributed by atoms with van der Waals surface area (Å²) in [7, 11) is 1.19. The number of aromatic nitrogens is 1. The van der Waals surface area contributed by atoms with Crippen molar-refractivity contribution in [3.8, 4) is 0 Å². The molecule has 88 valence electrons. The van der Waals surface area contributed by atoms with Gasteiger partial charge in [-0.25, -0.2) is 13.6 Å². The number of carbonyl (C=O) groups is 1. The Labute approximate surface area is 91.4 Å². The fourth-order valence-electron chi connectivity index (χ4n) is 1.46. The van der Waals surface area contributed by atoms with Crippen LogP contribution < -0.4 is 5.73 Å². The maximum Gasteiger partial charge on any atom is 0.338 e. The number of halogens is 2. The Morgan fingerprint density at radius 2 is 2.25 bits per heavy atom. The molecule has 0 amide bonds. The second-order valence-electron chi connectivity index (χ2n) is 3.18. The van der Waals surface area contributed by atoms with Gasteiger partial charge in [0, 0.05) is 18.3 Å². The summed E-state index contributed by atoms with van der Waals surface area (Å²) in [6, 6.07) is 0. The molecule has 0 saturated heterocycles. The first kappa shape index (κ1) is 12.5. The summed E-state index contributed by atoms with van der Waals surface area (Å²) in [4.78, 5) is 15.0. The van der Waals surface area contributed by atoms with E-state index in [0.717, 1.165) is 0 Å². The maximum atomic E-state index is 12.6. The zero-order valence-corrected chi connectivity index (χ0v) is 8.96. The quantitative estimate of drug-likeness (QED) is 0.800. The van der Waals surface area contributed by atoms with Gasteiger partial charge < -0.3 is 10.5 Å². The van der Waals surface area contributed by atoms with Crippen LogP contribution >= 0.6 is 0 Å². The van der Waals surface area contributed by atoms with Crippen LogP contribution in [0.4, 0.5) is 8.78 Å². The van der Waals surface area contributed by atoms with Crippen molar-refractivity contribution in [1.29, 1.82) is 0 Å². The van der Waals surface area contributed by atoms with E-state index in [2.05, 4.69) is 9.72 Å². The second-order valence-corrected chi connectivity index (χ2v) is 3.18. The molecule has 0 unspecified atom stereocenters. The average Bonchev–Trinajstić information content (AvgIpc) is 2.26. The number of nitrogens with two attached hydrogens (primary N) is 1. The Bertz CT molecular complexity index is 408. The van der Waals surface area contributed by atoms with E-state index in [1.807, 2.05) is 0 Å². The third kappa shape index (κ3) is 2.16. The molecule has 2 N–H and O–H groups in total. The van der Waals surface area contributed by atoms with E-state index in [1.165, 1.54) is 13.3 Å². The molecule has 0 fully saturated rings. The average molecular weight is 230 g/mol. The molecule has 1 heterocycles. The molecule has 0 aliphatic rings. The normalized spacial score (nSPS) is 10.6. The van der Waals surface area contributed by atoms with E-state index in [4.69, 9.17) is 5.73 Å². The summed E-state index contributed by atoms with van der Waals surface area (Å²) < 4.78 is 29.8. The summed E-state index contributed by atoms with van der Waals surface area (Å²) in [5.41, 5.74) is 5.50. The minimum atomic E-state index is -2.76. The lowest BCUT2D eigenvalue weighted by molar-refractivity contribution is 0.0597. The number of ether oxygens (including phenoxy) is 1. The monoisotopic (exact) mass is 230 g/mol. The number of methoxy groups -OCH3 is 1. The number of alkyl halides is 2. The highest BCUT2D eigenvalue weighted by Gasteiger charge is 2.22. The highest BCUT2D eigenvalue weighted by atomic mass is 19.3. The van der Waals surface area contributed by atoms with Crippen LogP contribution in [-0.4, -0.2) is 18.1 Å².